The van der Waals surface area contributed by atoms with Crippen LogP contribution in [0.15, 0.2) is 35.3 Å². The molecule has 0 radical (unpaired) electrons. The van der Waals surface area contributed by atoms with Crippen molar-refractivity contribution in [1.29, 1.82) is 0 Å². The quantitative estimate of drug-likeness (QED) is 0.265. The van der Waals surface area contributed by atoms with Crippen molar-refractivity contribution in [2.24, 2.45) is 0 Å². The average Bonchev–Trinajstić information content (AvgIpc) is 3.38. The van der Waals surface area contributed by atoms with Crippen LogP contribution in [0, 0.1) is 0 Å². The molecular formula is C21H22F2N3O11PS. The zero-order valence-corrected chi connectivity index (χ0v) is 21.9. The molecule has 2 aromatic heterocycles. The number of benzene rings is 1. The third kappa shape index (κ3) is 6.36. The number of rotatable bonds is 9. The fourth-order valence-electron chi connectivity index (χ4n) is 3.70. The lowest BCUT2D eigenvalue weighted by atomic mass is 10.1. The SMILES string of the molecule is COc1cc(OC)c2sc(COC(=O)Nc3ccn([C@@H]4O[C@H](COP(=O)(O)O)[C@@H](O)C4(F)F)c(=O)n3)cc2c1. The van der Waals surface area contributed by atoms with Crippen molar-refractivity contribution >= 4 is 41.2 Å². The predicted octanol–water partition coefficient (Wildman–Crippen LogP) is 2.23. The first-order valence-electron chi connectivity index (χ1n) is 10.9. The number of aliphatic hydroxyl groups is 1. The van der Waals surface area contributed by atoms with Gasteiger partial charge < -0.3 is 33.8 Å². The van der Waals surface area contributed by atoms with Gasteiger partial charge in [0.25, 0.3) is 0 Å². The molecule has 1 amide bonds. The largest absolute Gasteiger partial charge is 0.497 e. The molecule has 18 heteroatoms. The molecule has 4 rings (SSSR count). The Morgan fingerprint density at radius 3 is 2.67 bits per heavy atom. The van der Waals surface area contributed by atoms with Crippen LogP contribution >= 0.6 is 19.2 Å². The highest BCUT2D eigenvalue weighted by Crippen LogP contribution is 2.44. The summed E-state index contributed by atoms with van der Waals surface area (Å²) >= 11 is 1.33. The van der Waals surface area contributed by atoms with Crippen LogP contribution < -0.4 is 20.5 Å². The fourth-order valence-corrected chi connectivity index (χ4v) is 5.09. The number of hydrogen-bond donors (Lipinski definition) is 4. The second kappa shape index (κ2) is 11.1. The number of thiophene rings is 1. The van der Waals surface area contributed by atoms with E-state index in [0.29, 0.717) is 20.9 Å². The van der Waals surface area contributed by atoms with Gasteiger partial charge >= 0.3 is 25.5 Å². The number of amides is 1. The number of carbonyl (C=O) groups excluding carboxylic acids is 1. The summed E-state index contributed by atoms with van der Waals surface area (Å²) in [5.41, 5.74) is -1.27. The maximum Gasteiger partial charge on any atom is 0.469 e. The van der Waals surface area contributed by atoms with Gasteiger partial charge in [0.2, 0.25) is 6.23 Å². The molecule has 39 heavy (non-hydrogen) atoms. The number of aromatic nitrogens is 2. The number of aliphatic hydroxyl groups excluding tert-OH is 1. The number of methoxy groups -OCH3 is 2. The van der Waals surface area contributed by atoms with Crippen molar-refractivity contribution in [1.82, 2.24) is 9.55 Å². The minimum Gasteiger partial charge on any atom is -0.497 e. The lowest BCUT2D eigenvalue weighted by molar-refractivity contribution is -0.140. The molecule has 1 aliphatic heterocycles. The number of halogens is 2. The van der Waals surface area contributed by atoms with E-state index in [1.54, 1.807) is 18.2 Å². The Morgan fingerprint density at radius 2 is 2.03 bits per heavy atom. The summed E-state index contributed by atoms with van der Waals surface area (Å²) < 4.78 is 65.9. The van der Waals surface area contributed by atoms with Crippen molar-refractivity contribution in [3.05, 3.63) is 45.8 Å². The maximum absolute atomic E-state index is 14.6. The molecule has 3 atom stereocenters. The standard InChI is InChI=1S/C21H22F2N3O11PS/c1-33-11-5-10-6-12(39-16(10)13(7-11)34-2)8-35-20(29)25-15-3-4-26(19(28)24-15)18-21(22,23)17(27)14(37-18)9-36-38(30,31)32/h3-7,14,17-18,27H,8-9H2,1-2H3,(H2,30,31,32)(H,24,25,28,29)/t14-,17-,18-/m1/s1. The number of phosphoric acid groups is 1. The molecule has 1 saturated heterocycles. The number of phosphoric ester groups is 1. The number of alkyl halides is 2. The number of anilines is 1. The Hall–Kier alpha value is -3.18. The van der Waals surface area contributed by atoms with Gasteiger partial charge in [0.1, 0.15) is 30.0 Å². The second-order valence-corrected chi connectivity index (χ2v) is 10.5. The van der Waals surface area contributed by atoms with E-state index in [1.807, 2.05) is 0 Å². The zero-order valence-electron chi connectivity index (χ0n) is 20.1. The van der Waals surface area contributed by atoms with E-state index in [2.05, 4.69) is 14.8 Å². The molecule has 1 aromatic carbocycles. The first kappa shape index (κ1) is 28.8. The smallest absolute Gasteiger partial charge is 0.469 e. The van der Waals surface area contributed by atoms with Crippen LogP contribution in [0.5, 0.6) is 11.5 Å². The van der Waals surface area contributed by atoms with Gasteiger partial charge in [-0.1, -0.05) is 0 Å². The minimum atomic E-state index is -5.03. The van der Waals surface area contributed by atoms with E-state index in [1.165, 1.54) is 25.6 Å². The van der Waals surface area contributed by atoms with Crippen molar-refractivity contribution in [2.75, 3.05) is 26.1 Å². The van der Waals surface area contributed by atoms with E-state index < -0.39 is 50.6 Å². The van der Waals surface area contributed by atoms with Gasteiger partial charge in [-0.25, -0.2) is 14.2 Å². The van der Waals surface area contributed by atoms with E-state index in [9.17, 15) is 28.0 Å². The molecule has 0 bridgehead atoms. The van der Waals surface area contributed by atoms with Gasteiger partial charge in [0, 0.05) is 22.5 Å². The van der Waals surface area contributed by atoms with Crippen LogP contribution in [0.4, 0.5) is 19.4 Å². The van der Waals surface area contributed by atoms with Crippen LogP contribution in [0.3, 0.4) is 0 Å². The molecule has 1 aliphatic rings. The molecule has 3 heterocycles. The Bertz CT molecular complexity index is 1480. The lowest BCUT2D eigenvalue weighted by Crippen LogP contribution is -2.42. The van der Waals surface area contributed by atoms with E-state index in [4.69, 9.17) is 28.7 Å². The van der Waals surface area contributed by atoms with E-state index in [0.717, 1.165) is 22.3 Å². The van der Waals surface area contributed by atoms with Gasteiger partial charge in [-0.3, -0.25) is 14.4 Å². The number of nitrogens with one attached hydrogen (secondary N) is 1. The number of hydrogen-bond acceptors (Lipinski definition) is 11. The summed E-state index contributed by atoms with van der Waals surface area (Å²) in [6.07, 6.45) is -6.89. The molecule has 0 spiro atoms. The Morgan fingerprint density at radius 1 is 1.28 bits per heavy atom. The molecule has 14 nitrogen and oxygen atoms in total. The molecule has 0 saturated carbocycles. The highest BCUT2D eigenvalue weighted by Gasteiger charge is 2.60. The van der Waals surface area contributed by atoms with Gasteiger partial charge in [-0.05, 0) is 18.2 Å². The average molecular weight is 593 g/mol. The predicted molar refractivity (Wildman–Crippen MR) is 130 cm³/mol. The summed E-state index contributed by atoms with van der Waals surface area (Å²) in [6.45, 7) is -1.20. The van der Waals surface area contributed by atoms with Gasteiger partial charge in [0.15, 0.2) is 6.10 Å². The van der Waals surface area contributed by atoms with Crippen LogP contribution in [0.1, 0.15) is 11.1 Å². The van der Waals surface area contributed by atoms with Crippen molar-refractivity contribution in [3.63, 3.8) is 0 Å². The van der Waals surface area contributed by atoms with Crippen molar-refractivity contribution < 1.29 is 56.5 Å². The summed E-state index contributed by atoms with van der Waals surface area (Å²) in [7, 11) is -2.00. The monoisotopic (exact) mass is 593 g/mol. The summed E-state index contributed by atoms with van der Waals surface area (Å²) in [5, 5.41) is 12.9. The number of ether oxygens (including phenoxy) is 4. The molecule has 0 aliphatic carbocycles. The number of fused-ring (bicyclic) bond motifs is 1. The fraction of sp³-hybridized carbons (Fsp3) is 0.381. The summed E-state index contributed by atoms with van der Waals surface area (Å²) in [5.74, 6) is -3.19. The summed E-state index contributed by atoms with van der Waals surface area (Å²) in [6, 6.07) is 6.31. The van der Waals surface area contributed by atoms with Gasteiger partial charge in [-0.15, -0.1) is 11.3 Å². The van der Waals surface area contributed by atoms with Gasteiger partial charge in [-0.2, -0.15) is 13.8 Å². The first-order valence-corrected chi connectivity index (χ1v) is 13.3. The normalized spacial score (nSPS) is 20.6. The van der Waals surface area contributed by atoms with E-state index in [-0.39, 0.29) is 12.4 Å². The highest BCUT2D eigenvalue weighted by molar-refractivity contribution is 7.46. The molecule has 1 fully saturated rings. The Labute approximate surface area is 221 Å². The van der Waals surface area contributed by atoms with Crippen molar-refractivity contribution in [2.45, 2.75) is 31.0 Å². The molecule has 212 valence electrons. The van der Waals surface area contributed by atoms with E-state index >= 15 is 0 Å². The molecular weight excluding hydrogens is 571 g/mol. The number of carbonyl (C=O) groups is 1. The minimum absolute atomic E-state index is 0.133. The van der Waals surface area contributed by atoms with Gasteiger partial charge in [0.05, 0.1) is 25.5 Å². The summed E-state index contributed by atoms with van der Waals surface area (Å²) in [4.78, 5) is 46.3. The van der Waals surface area contributed by atoms with Crippen molar-refractivity contribution in [3.8, 4) is 11.5 Å². The second-order valence-electron chi connectivity index (χ2n) is 8.10. The van der Waals surface area contributed by atoms with Crippen LogP contribution in [0.25, 0.3) is 10.1 Å². The van der Waals surface area contributed by atoms with Crippen LogP contribution in [-0.4, -0.2) is 69.5 Å². The first-order chi connectivity index (χ1) is 18.3. The number of nitrogens with zero attached hydrogens (tertiary/aromatic N) is 2. The lowest BCUT2D eigenvalue weighted by Gasteiger charge is -2.21. The molecule has 4 N–H and O–H groups in total. The third-order valence-corrected chi connectivity index (χ3v) is 7.13. The topological polar surface area (TPSA) is 188 Å². The van der Waals surface area contributed by atoms with Crippen LogP contribution in [-0.2, 0) is 25.2 Å². The molecule has 3 aromatic rings. The Kier molecular flexibility index (Phi) is 8.22. The molecule has 0 unspecified atom stereocenters. The highest BCUT2D eigenvalue weighted by atomic mass is 32.1. The maximum atomic E-state index is 14.6. The zero-order chi connectivity index (χ0) is 28.5. The Balaban J connectivity index is 1.40. The van der Waals surface area contributed by atoms with Crippen LogP contribution in [0.2, 0.25) is 0 Å². The third-order valence-electron chi connectivity index (χ3n) is 5.51.